The van der Waals surface area contributed by atoms with E-state index in [0.717, 1.165) is 11.1 Å². The molecule has 0 aromatic heterocycles. The molecule has 0 atom stereocenters. The van der Waals surface area contributed by atoms with Gasteiger partial charge in [0.2, 0.25) is 0 Å². The molecule has 1 aliphatic rings. The Hall–Kier alpha value is -2.82. The van der Waals surface area contributed by atoms with E-state index < -0.39 is 12.1 Å². The highest BCUT2D eigenvalue weighted by atomic mass is 16.6. The molecule has 5 heteroatoms. The van der Waals surface area contributed by atoms with E-state index in [1.165, 1.54) is 16.0 Å². The van der Waals surface area contributed by atoms with Crippen molar-refractivity contribution in [2.24, 2.45) is 0 Å². The lowest BCUT2D eigenvalue weighted by Crippen LogP contribution is -2.30. The fraction of sp³-hybridized carbons (Fsp3) is 0.263. The first-order chi connectivity index (χ1) is 11.6. The second kappa shape index (κ2) is 6.74. The molecule has 2 aromatic rings. The third-order valence-electron chi connectivity index (χ3n) is 4.31. The molecule has 1 amide bonds. The van der Waals surface area contributed by atoms with Crippen LogP contribution in [0.3, 0.4) is 0 Å². The van der Waals surface area contributed by atoms with Crippen LogP contribution in [-0.2, 0) is 9.53 Å². The van der Waals surface area contributed by atoms with Crippen LogP contribution in [0.25, 0.3) is 11.1 Å². The molecule has 1 N–H and O–H groups in total. The van der Waals surface area contributed by atoms with Crippen molar-refractivity contribution in [1.82, 2.24) is 4.90 Å². The van der Waals surface area contributed by atoms with Crippen LogP contribution in [0.15, 0.2) is 48.5 Å². The number of carboxylic acid groups (broad SMARTS) is 1. The van der Waals surface area contributed by atoms with Crippen LogP contribution in [0.4, 0.5) is 4.79 Å². The van der Waals surface area contributed by atoms with Crippen molar-refractivity contribution in [2.75, 3.05) is 20.2 Å². The predicted octanol–water partition coefficient (Wildman–Crippen LogP) is 3.34. The summed E-state index contributed by atoms with van der Waals surface area (Å²) >= 11 is 0. The molecule has 2 aromatic carbocycles. The molecule has 5 nitrogen and oxygen atoms in total. The quantitative estimate of drug-likeness (QED) is 0.915. The lowest BCUT2D eigenvalue weighted by Gasteiger charge is -2.19. The number of amides is 1. The molecule has 0 aliphatic heterocycles. The van der Waals surface area contributed by atoms with Crippen LogP contribution in [0, 0.1) is 0 Å². The van der Waals surface area contributed by atoms with E-state index >= 15 is 0 Å². The summed E-state index contributed by atoms with van der Waals surface area (Å²) in [6, 6.07) is 16.2. The summed E-state index contributed by atoms with van der Waals surface area (Å²) in [4.78, 5) is 23.9. The zero-order chi connectivity index (χ0) is 17.1. The summed E-state index contributed by atoms with van der Waals surface area (Å²) in [6.07, 6.45) is -0.598. The Morgan fingerprint density at radius 3 is 2.12 bits per heavy atom. The van der Waals surface area contributed by atoms with E-state index in [1.807, 2.05) is 24.3 Å². The van der Waals surface area contributed by atoms with Gasteiger partial charge in [0.25, 0.3) is 0 Å². The fourth-order valence-corrected chi connectivity index (χ4v) is 3.06. The Morgan fingerprint density at radius 1 is 1.04 bits per heavy atom. The van der Waals surface area contributed by atoms with Gasteiger partial charge in [-0.3, -0.25) is 4.79 Å². The van der Waals surface area contributed by atoms with Crippen LogP contribution >= 0.6 is 0 Å². The molecule has 124 valence electrons. The monoisotopic (exact) mass is 325 g/mol. The van der Waals surface area contributed by atoms with Crippen molar-refractivity contribution in [3.05, 3.63) is 59.7 Å². The van der Waals surface area contributed by atoms with E-state index in [2.05, 4.69) is 24.3 Å². The van der Waals surface area contributed by atoms with Crippen LogP contribution in [0.2, 0.25) is 0 Å². The average molecular weight is 325 g/mol. The van der Waals surface area contributed by atoms with Crippen LogP contribution in [0.1, 0.15) is 23.5 Å². The maximum atomic E-state index is 12.0. The Labute approximate surface area is 140 Å². The Bertz CT molecular complexity index is 726. The lowest BCUT2D eigenvalue weighted by atomic mass is 9.98. The average Bonchev–Trinajstić information content (AvgIpc) is 2.91. The van der Waals surface area contributed by atoms with Crippen molar-refractivity contribution >= 4 is 12.1 Å². The minimum Gasteiger partial charge on any atom is -0.481 e. The van der Waals surface area contributed by atoms with E-state index in [-0.39, 0.29) is 25.5 Å². The molecule has 0 bridgehead atoms. The number of aliphatic carboxylic acids is 1. The summed E-state index contributed by atoms with van der Waals surface area (Å²) < 4.78 is 5.43. The largest absolute Gasteiger partial charge is 0.481 e. The number of hydrogen-bond donors (Lipinski definition) is 1. The molecule has 0 heterocycles. The summed E-state index contributed by atoms with van der Waals surface area (Å²) in [5, 5.41) is 8.69. The number of nitrogens with zero attached hydrogens (tertiary/aromatic N) is 1. The minimum atomic E-state index is -0.937. The molecule has 0 saturated carbocycles. The molecule has 3 rings (SSSR count). The van der Waals surface area contributed by atoms with E-state index in [9.17, 15) is 9.59 Å². The number of fused-ring (bicyclic) bond motifs is 3. The van der Waals surface area contributed by atoms with Gasteiger partial charge in [0.1, 0.15) is 6.61 Å². The van der Waals surface area contributed by atoms with Crippen molar-refractivity contribution in [2.45, 2.75) is 12.3 Å². The Balaban J connectivity index is 1.72. The third-order valence-corrected chi connectivity index (χ3v) is 4.31. The summed E-state index contributed by atoms with van der Waals surface area (Å²) in [6.45, 7) is 0.371. The molecule has 1 aliphatic carbocycles. The number of ether oxygens (including phenoxy) is 1. The number of carboxylic acids is 1. The molecule has 0 fully saturated rings. The molecule has 0 radical (unpaired) electrons. The smallest absolute Gasteiger partial charge is 0.409 e. The number of carbonyl (C=O) groups is 2. The molecule has 0 spiro atoms. The number of rotatable bonds is 5. The van der Waals surface area contributed by atoms with Gasteiger partial charge in [-0.25, -0.2) is 4.79 Å². The zero-order valence-electron chi connectivity index (χ0n) is 13.4. The summed E-state index contributed by atoms with van der Waals surface area (Å²) in [7, 11) is 1.54. The van der Waals surface area contributed by atoms with Crippen molar-refractivity contribution in [3.8, 4) is 11.1 Å². The lowest BCUT2D eigenvalue weighted by molar-refractivity contribution is -0.137. The number of benzene rings is 2. The highest BCUT2D eigenvalue weighted by Gasteiger charge is 2.29. The summed E-state index contributed by atoms with van der Waals surface area (Å²) in [5.41, 5.74) is 4.65. The maximum absolute atomic E-state index is 12.0. The number of carbonyl (C=O) groups excluding carboxylic acids is 1. The standard InChI is InChI=1S/C19H19NO4/c1-20(11-10-18(21)22)19(23)24-12-17-15-8-4-2-6-13(15)14-7-3-5-9-16(14)17/h2-9,17H,10-12H2,1H3,(H,21,22). The number of hydrogen-bond acceptors (Lipinski definition) is 3. The topological polar surface area (TPSA) is 66.8 Å². The van der Waals surface area contributed by atoms with Gasteiger partial charge >= 0.3 is 12.1 Å². The predicted molar refractivity (Wildman–Crippen MR) is 90.0 cm³/mol. The molecular weight excluding hydrogens is 306 g/mol. The SMILES string of the molecule is CN(CCC(=O)O)C(=O)OCC1c2ccccc2-c2ccccc21. The van der Waals surface area contributed by atoms with Gasteiger partial charge in [0.05, 0.1) is 6.42 Å². The van der Waals surface area contributed by atoms with Gasteiger partial charge in [-0.2, -0.15) is 0 Å². The van der Waals surface area contributed by atoms with E-state index in [0.29, 0.717) is 0 Å². The first-order valence-corrected chi connectivity index (χ1v) is 7.86. The minimum absolute atomic E-state index is 0.00854. The molecule has 0 saturated heterocycles. The summed E-state index contributed by atoms with van der Waals surface area (Å²) in [5.74, 6) is -0.928. The van der Waals surface area contributed by atoms with Gasteiger partial charge in [-0.05, 0) is 22.3 Å². The van der Waals surface area contributed by atoms with Crippen LogP contribution in [0.5, 0.6) is 0 Å². The van der Waals surface area contributed by atoms with Gasteiger partial charge in [-0.15, -0.1) is 0 Å². The second-order valence-electron chi connectivity index (χ2n) is 5.87. The molecular formula is C19H19NO4. The zero-order valence-corrected chi connectivity index (χ0v) is 13.4. The van der Waals surface area contributed by atoms with Crippen molar-refractivity contribution in [1.29, 1.82) is 0 Å². The first kappa shape index (κ1) is 16.1. The van der Waals surface area contributed by atoms with Crippen molar-refractivity contribution in [3.63, 3.8) is 0 Å². The highest BCUT2D eigenvalue weighted by Crippen LogP contribution is 2.44. The fourth-order valence-electron chi connectivity index (χ4n) is 3.06. The first-order valence-electron chi connectivity index (χ1n) is 7.86. The Morgan fingerprint density at radius 2 is 1.58 bits per heavy atom. The normalized spacial score (nSPS) is 12.4. The van der Waals surface area contributed by atoms with E-state index in [4.69, 9.17) is 9.84 Å². The maximum Gasteiger partial charge on any atom is 0.409 e. The van der Waals surface area contributed by atoms with Crippen LogP contribution < -0.4 is 0 Å². The second-order valence-corrected chi connectivity index (χ2v) is 5.87. The van der Waals surface area contributed by atoms with Gasteiger partial charge in [-0.1, -0.05) is 48.5 Å². The molecule has 24 heavy (non-hydrogen) atoms. The van der Waals surface area contributed by atoms with Crippen LogP contribution in [-0.4, -0.2) is 42.3 Å². The molecule has 0 unspecified atom stereocenters. The highest BCUT2D eigenvalue weighted by molar-refractivity contribution is 5.79. The van der Waals surface area contributed by atoms with Gasteiger partial charge in [0.15, 0.2) is 0 Å². The van der Waals surface area contributed by atoms with E-state index in [1.54, 1.807) is 7.05 Å². The Kier molecular flexibility index (Phi) is 4.51. The third kappa shape index (κ3) is 3.11. The van der Waals surface area contributed by atoms with Gasteiger partial charge in [0, 0.05) is 19.5 Å². The van der Waals surface area contributed by atoms with Crippen molar-refractivity contribution < 1.29 is 19.4 Å². The van der Waals surface area contributed by atoms with Gasteiger partial charge < -0.3 is 14.7 Å².